The van der Waals surface area contributed by atoms with E-state index in [4.69, 9.17) is 11.6 Å². The second-order valence-electron chi connectivity index (χ2n) is 6.07. The maximum atomic E-state index is 12.9. The second-order valence-corrected chi connectivity index (χ2v) is 10.1. The number of benzene rings is 1. The van der Waals surface area contributed by atoms with Crippen LogP contribution in [0.2, 0.25) is 5.02 Å². The van der Waals surface area contributed by atoms with Crippen LogP contribution >= 0.6 is 46.0 Å². The highest BCUT2D eigenvalue weighted by Gasteiger charge is 2.31. The SMILES string of the molecule is CC(Sc1nnc(NCCc2cccs2)s1)C(=O)Nc1cc(C(F)(F)F)ccc1Cl. The number of anilines is 2. The van der Waals surface area contributed by atoms with Crippen molar-refractivity contribution in [3.63, 3.8) is 0 Å². The lowest BCUT2D eigenvalue weighted by Gasteiger charge is -2.14. The average Bonchev–Trinajstić information content (AvgIpc) is 3.35. The van der Waals surface area contributed by atoms with Crippen molar-refractivity contribution in [1.29, 1.82) is 0 Å². The number of nitrogens with zero attached hydrogens (tertiary/aromatic N) is 2. The number of alkyl halides is 3. The van der Waals surface area contributed by atoms with Gasteiger partial charge in [0.05, 0.1) is 21.5 Å². The summed E-state index contributed by atoms with van der Waals surface area (Å²) < 4.78 is 39.2. The monoisotopic (exact) mass is 492 g/mol. The van der Waals surface area contributed by atoms with Gasteiger partial charge in [0.1, 0.15) is 0 Å². The minimum Gasteiger partial charge on any atom is -0.360 e. The first-order valence-corrected chi connectivity index (χ1v) is 11.6. The van der Waals surface area contributed by atoms with E-state index in [2.05, 4.69) is 26.9 Å². The normalized spacial score (nSPS) is 12.6. The van der Waals surface area contributed by atoms with Crippen molar-refractivity contribution < 1.29 is 18.0 Å². The van der Waals surface area contributed by atoms with Crippen molar-refractivity contribution in [3.8, 4) is 0 Å². The Morgan fingerprint density at radius 3 is 2.80 bits per heavy atom. The smallest absolute Gasteiger partial charge is 0.360 e. The number of rotatable bonds is 8. The molecule has 0 saturated heterocycles. The van der Waals surface area contributed by atoms with Crippen LogP contribution in [-0.2, 0) is 17.4 Å². The van der Waals surface area contributed by atoms with E-state index in [1.165, 1.54) is 28.0 Å². The van der Waals surface area contributed by atoms with Crippen molar-refractivity contribution in [1.82, 2.24) is 10.2 Å². The number of thiophene rings is 1. The fraction of sp³-hybridized carbons (Fsp3) is 0.278. The van der Waals surface area contributed by atoms with E-state index in [1.807, 2.05) is 11.4 Å². The molecule has 12 heteroatoms. The Labute approximate surface area is 188 Å². The molecule has 2 aromatic heterocycles. The molecule has 0 bridgehead atoms. The Balaban J connectivity index is 1.54. The van der Waals surface area contributed by atoms with E-state index in [0.29, 0.717) is 16.0 Å². The molecule has 0 radical (unpaired) electrons. The number of hydrogen-bond donors (Lipinski definition) is 2. The lowest BCUT2D eigenvalue weighted by atomic mass is 10.2. The Bertz CT molecular complexity index is 995. The van der Waals surface area contributed by atoms with Crippen LogP contribution in [-0.4, -0.2) is 27.9 Å². The van der Waals surface area contributed by atoms with Gasteiger partial charge in [-0.1, -0.05) is 40.8 Å². The third-order valence-corrected chi connectivity index (χ3v) is 7.16. The molecular weight excluding hydrogens is 477 g/mol. The number of hydrogen-bond acceptors (Lipinski definition) is 7. The van der Waals surface area contributed by atoms with Crippen LogP contribution in [0.25, 0.3) is 0 Å². The molecule has 3 aromatic rings. The molecule has 0 aliphatic rings. The summed E-state index contributed by atoms with van der Waals surface area (Å²) in [6.45, 7) is 2.34. The molecule has 5 nitrogen and oxygen atoms in total. The molecule has 0 aliphatic carbocycles. The van der Waals surface area contributed by atoms with Crippen LogP contribution in [0.15, 0.2) is 40.1 Å². The average molecular weight is 493 g/mol. The van der Waals surface area contributed by atoms with Crippen LogP contribution in [0.4, 0.5) is 24.0 Å². The number of carbonyl (C=O) groups excluding carboxylic acids is 1. The summed E-state index contributed by atoms with van der Waals surface area (Å²) in [5.41, 5.74) is -0.970. The molecule has 2 N–H and O–H groups in total. The second kappa shape index (κ2) is 9.99. The summed E-state index contributed by atoms with van der Waals surface area (Å²) in [7, 11) is 0. The predicted molar refractivity (Wildman–Crippen MR) is 117 cm³/mol. The summed E-state index contributed by atoms with van der Waals surface area (Å²) in [5.74, 6) is -0.483. The number of amides is 1. The molecule has 1 atom stereocenters. The number of thioether (sulfide) groups is 1. The molecule has 30 heavy (non-hydrogen) atoms. The molecule has 1 aromatic carbocycles. The molecule has 0 fully saturated rings. The van der Waals surface area contributed by atoms with Gasteiger partial charge in [0.15, 0.2) is 4.34 Å². The maximum absolute atomic E-state index is 12.9. The summed E-state index contributed by atoms with van der Waals surface area (Å²) in [4.78, 5) is 13.7. The topological polar surface area (TPSA) is 66.9 Å². The summed E-state index contributed by atoms with van der Waals surface area (Å²) >= 11 is 10.1. The predicted octanol–water partition coefficient (Wildman–Crippen LogP) is 6.05. The zero-order chi connectivity index (χ0) is 21.7. The highest BCUT2D eigenvalue weighted by atomic mass is 35.5. The first-order chi connectivity index (χ1) is 14.2. The van der Waals surface area contributed by atoms with E-state index >= 15 is 0 Å². The van der Waals surface area contributed by atoms with Crippen molar-refractivity contribution in [2.45, 2.75) is 29.1 Å². The van der Waals surface area contributed by atoms with Crippen LogP contribution < -0.4 is 10.6 Å². The number of nitrogens with one attached hydrogen (secondary N) is 2. The molecule has 2 heterocycles. The van der Waals surface area contributed by atoms with Crippen LogP contribution in [0, 0.1) is 0 Å². The lowest BCUT2D eigenvalue weighted by Crippen LogP contribution is -2.22. The van der Waals surface area contributed by atoms with Gasteiger partial charge in [-0.2, -0.15) is 13.2 Å². The van der Waals surface area contributed by atoms with Crippen LogP contribution in [0.1, 0.15) is 17.4 Å². The third-order valence-electron chi connectivity index (χ3n) is 3.83. The van der Waals surface area contributed by atoms with Crippen molar-refractivity contribution in [2.24, 2.45) is 0 Å². The molecular formula is C18H16ClF3N4OS3. The Kier molecular flexibility index (Phi) is 7.61. The molecule has 3 rings (SSSR count). The Hall–Kier alpha value is -1.82. The molecule has 0 spiro atoms. The Morgan fingerprint density at radius 2 is 2.10 bits per heavy atom. The minimum atomic E-state index is -4.52. The number of halogens is 4. The first-order valence-electron chi connectivity index (χ1n) is 8.66. The number of aromatic nitrogens is 2. The quantitative estimate of drug-likeness (QED) is 0.375. The summed E-state index contributed by atoms with van der Waals surface area (Å²) in [5, 5.41) is 15.8. The zero-order valence-electron chi connectivity index (χ0n) is 15.5. The van der Waals surface area contributed by atoms with E-state index in [1.54, 1.807) is 18.3 Å². The molecule has 160 valence electrons. The Morgan fingerprint density at radius 1 is 1.30 bits per heavy atom. The van der Waals surface area contributed by atoms with Crippen LogP contribution in [0.3, 0.4) is 0 Å². The van der Waals surface area contributed by atoms with Crippen molar-refractivity contribution in [2.75, 3.05) is 17.2 Å². The van der Waals surface area contributed by atoms with Gasteiger partial charge in [-0.05, 0) is 43.0 Å². The van der Waals surface area contributed by atoms with Gasteiger partial charge in [-0.25, -0.2) is 0 Å². The van der Waals surface area contributed by atoms with Gasteiger partial charge in [0, 0.05) is 11.4 Å². The van der Waals surface area contributed by atoms with E-state index < -0.39 is 22.9 Å². The lowest BCUT2D eigenvalue weighted by molar-refractivity contribution is -0.137. The van der Waals surface area contributed by atoms with Gasteiger partial charge < -0.3 is 10.6 Å². The van der Waals surface area contributed by atoms with Gasteiger partial charge in [0.2, 0.25) is 11.0 Å². The molecule has 1 amide bonds. The van der Waals surface area contributed by atoms with Gasteiger partial charge in [-0.15, -0.1) is 21.5 Å². The first kappa shape index (κ1) is 22.9. The van der Waals surface area contributed by atoms with Crippen molar-refractivity contribution in [3.05, 3.63) is 51.2 Å². The summed E-state index contributed by atoms with van der Waals surface area (Å²) in [6.07, 6.45) is -3.65. The fourth-order valence-electron chi connectivity index (χ4n) is 2.31. The van der Waals surface area contributed by atoms with Gasteiger partial charge in [0.25, 0.3) is 0 Å². The van der Waals surface area contributed by atoms with E-state index in [0.717, 1.165) is 24.6 Å². The maximum Gasteiger partial charge on any atom is 0.416 e. The van der Waals surface area contributed by atoms with Gasteiger partial charge in [-0.3, -0.25) is 4.79 Å². The zero-order valence-corrected chi connectivity index (χ0v) is 18.7. The fourth-order valence-corrected chi connectivity index (χ4v) is 5.11. The van der Waals surface area contributed by atoms with Gasteiger partial charge >= 0.3 is 6.18 Å². The molecule has 0 aliphatic heterocycles. The molecule has 0 saturated carbocycles. The van der Waals surface area contributed by atoms with E-state index in [-0.39, 0.29) is 10.7 Å². The number of carbonyl (C=O) groups is 1. The highest BCUT2D eigenvalue weighted by Crippen LogP contribution is 2.35. The van der Waals surface area contributed by atoms with E-state index in [9.17, 15) is 18.0 Å². The standard InChI is InChI=1S/C18H16ClF3N4OS3/c1-10(15(27)24-14-9-11(18(20,21)22)4-5-13(14)19)29-17-26-25-16(30-17)23-7-6-12-3-2-8-28-12/h2-5,8-10H,6-7H2,1H3,(H,23,25)(H,24,27). The summed E-state index contributed by atoms with van der Waals surface area (Å²) in [6, 6.07) is 6.85. The third kappa shape index (κ3) is 6.34. The largest absolute Gasteiger partial charge is 0.416 e. The van der Waals surface area contributed by atoms with Crippen LogP contribution in [0.5, 0.6) is 0 Å². The minimum absolute atomic E-state index is 0.0293. The van der Waals surface area contributed by atoms with Crippen molar-refractivity contribution >= 4 is 62.8 Å². The molecule has 1 unspecified atom stereocenters. The highest BCUT2D eigenvalue weighted by molar-refractivity contribution is 8.02.